The molecule has 1 saturated heterocycles. The topological polar surface area (TPSA) is 45.5 Å². The van der Waals surface area contributed by atoms with Crippen molar-refractivity contribution in [2.24, 2.45) is 12.0 Å². The lowest BCUT2D eigenvalue weighted by atomic mass is 9.85. The van der Waals surface area contributed by atoms with Gasteiger partial charge in [0.15, 0.2) is 5.96 Å². The minimum atomic E-state index is -0.0101. The summed E-state index contributed by atoms with van der Waals surface area (Å²) in [6, 6.07) is 8.57. The summed E-state index contributed by atoms with van der Waals surface area (Å²) < 4.78 is 3.00. The van der Waals surface area contributed by atoms with E-state index in [-0.39, 0.29) is 5.41 Å². The minimum Gasteiger partial charge on any atom is -0.357 e. The van der Waals surface area contributed by atoms with Gasteiger partial charge in [0.1, 0.15) is 0 Å². The quantitative estimate of drug-likeness (QED) is 0.576. The van der Waals surface area contributed by atoms with E-state index in [2.05, 4.69) is 82.5 Å². The lowest BCUT2D eigenvalue weighted by Crippen LogP contribution is -2.41. The van der Waals surface area contributed by atoms with Crippen LogP contribution in [0.25, 0.3) is 0 Å². The molecule has 0 aliphatic carbocycles. The van der Waals surface area contributed by atoms with Crippen LogP contribution in [-0.4, -0.2) is 46.8 Å². The van der Waals surface area contributed by atoms with E-state index in [1.807, 2.05) is 17.9 Å². The Morgan fingerprint density at radius 2 is 2.07 bits per heavy atom. The van der Waals surface area contributed by atoms with Crippen molar-refractivity contribution in [3.8, 4) is 0 Å². The number of aryl methyl sites for hydroxylation is 1. The average Bonchev–Trinajstić information content (AvgIpc) is 3.28. The molecule has 2 heterocycles. The number of guanidine groups is 1. The summed E-state index contributed by atoms with van der Waals surface area (Å²) >= 11 is 3.52. The van der Waals surface area contributed by atoms with E-state index in [1.165, 1.54) is 11.1 Å². The smallest absolute Gasteiger partial charge is 0.193 e. The molecule has 146 valence electrons. The standard InChI is InChI=1S/C21H30BrN5/c1-5-23-20(24-15-21(2,3)18-6-8-19(22)9-7-18)27-11-10-16(14-27)17-12-25-26(4)13-17/h6-9,12-13,16H,5,10-11,14-15H2,1-4H3,(H,23,24). The van der Waals surface area contributed by atoms with E-state index >= 15 is 0 Å². The van der Waals surface area contributed by atoms with Crippen molar-refractivity contribution in [2.75, 3.05) is 26.2 Å². The fourth-order valence-corrected chi connectivity index (χ4v) is 3.83. The molecule has 1 N–H and O–H groups in total. The minimum absolute atomic E-state index is 0.0101. The van der Waals surface area contributed by atoms with Crippen LogP contribution in [0.4, 0.5) is 0 Å². The molecule has 0 amide bonds. The summed E-state index contributed by atoms with van der Waals surface area (Å²) in [6.07, 6.45) is 5.27. The van der Waals surface area contributed by atoms with E-state index < -0.39 is 0 Å². The van der Waals surface area contributed by atoms with E-state index in [1.54, 1.807) is 0 Å². The Morgan fingerprint density at radius 3 is 2.70 bits per heavy atom. The molecule has 0 saturated carbocycles. The average molecular weight is 432 g/mol. The molecule has 1 fully saturated rings. The highest BCUT2D eigenvalue weighted by molar-refractivity contribution is 9.10. The van der Waals surface area contributed by atoms with Crippen LogP contribution >= 0.6 is 15.9 Å². The number of halogens is 1. The molecule has 0 radical (unpaired) electrons. The molecule has 0 bridgehead atoms. The van der Waals surface area contributed by atoms with Crippen molar-refractivity contribution in [1.82, 2.24) is 20.0 Å². The number of benzene rings is 1. The summed E-state index contributed by atoms with van der Waals surface area (Å²) in [6.45, 7) is 10.3. The van der Waals surface area contributed by atoms with Crippen LogP contribution in [0.1, 0.15) is 44.2 Å². The van der Waals surface area contributed by atoms with Crippen LogP contribution in [0, 0.1) is 0 Å². The maximum absolute atomic E-state index is 5.00. The summed E-state index contributed by atoms with van der Waals surface area (Å²) in [7, 11) is 1.98. The number of aromatic nitrogens is 2. The van der Waals surface area contributed by atoms with Gasteiger partial charge in [-0.15, -0.1) is 0 Å². The van der Waals surface area contributed by atoms with E-state index in [0.29, 0.717) is 5.92 Å². The highest BCUT2D eigenvalue weighted by Gasteiger charge is 2.28. The predicted molar refractivity (Wildman–Crippen MR) is 115 cm³/mol. The van der Waals surface area contributed by atoms with Crippen molar-refractivity contribution in [2.45, 2.75) is 38.5 Å². The lowest BCUT2D eigenvalue weighted by Gasteiger charge is -2.26. The molecule has 1 atom stereocenters. The van der Waals surface area contributed by atoms with Gasteiger partial charge >= 0.3 is 0 Å². The van der Waals surface area contributed by atoms with E-state index in [0.717, 1.165) is 43.0 Å². The second-order valence-electron chi connectivity index (χ2n) is 7.94. The van der Waals surface area contributed by atoms with Gasteiger partial charge in [0.25, 0.3) is 0 Å². The second-order valence-corrected chi connectivity index (χ2v) is 8.86. The van der Waals surface area contributed by atoms with Crippen LogP contribution in [0.15, 0.2) is 46.1 Å². The summed E-state index contributed by atoms with van der Waals surface area (Å²) in [5.41, 5.74) is 2.62. The molecule has 1 aromatic heterocycles. The first-order chi connectivity index (χ1) is 12.9. The summed E-state index contributed by atoms with van der Waals surface area (Å²) in [5.74, 6) is 1.55. The third-order valence-corrected chi connectivity index (χ3v) is 5.80. The molecule has 5 nitrogen and oxygen atoms in total. The van der Waals surface area contributed by atoms with E-state index in [4.69, 9.17) is 4.99 Å². The Kier molecular flexibility index (Phi) is 6.25. The fourth-order valence-electron chi connectivity index (χ4n) is 3.57. The van der Waals surface area contributed by atoms with Crippen LogP contribution in [0.5, 0.6) is 0 Å². The number of aliphatic imine (C=N–C) groups is 1. The van der Waals surface area contributed by atoms with Crippen molar-refractivity contribution in [3.63, 3.8) is 0 Å². The number of hydrogen-bond donors (Lipinski definition) is 1. The molecule has 3 rings (SSSR count). The number of hydrogen-bond acceptors (Lipinski definition) is 2. The van der Waals surface area contributed by atoms with Crippen molar-refractivity contribution in [1.29, 1.82) is 0 Å². The maximum atomic E-state index is 5.00. The first-order valence-electron chi connectivity index (χ1n) is 9.67. The molecule has 0 spiro atoms. The molecule has 1 aliphatic rings. The molecule has 2 aromatic rings. The van der Waals surface area contributed by atoms with Gasteiger partial charge in [-0.2, -0.15) is 5.10 Å². The van der Waals surface area contributed by atoms with Crippen molar-refractivity contribution < 1.29 is 0 Å². The lowest BCUT2D eigenvalue weighted by molar-refractivity contribution is 0.474. The van der Waals surface area contributed by atoms with Gasteiger partial charge in [-0.3, -0.25) is 9.67 Å². The number of nitrogens with zero attached hydrogens (tertiary/aromatic N) is 4. The van der Waals surface area contributed by atoms with Crippen molar-refractivity contribution in [3.05, 3.63) is 52.3 Å². The first kappa shape index (κ1) is 19.9. The number of nitrogens with one attached hydrogen (secondary N) is 1. The Morgan fingerprint density at radius 1 is 1.33 bits per heavy atom. The van der Waals surface area contributed by atoms with Gasteiger partial charge in [-0.1, -0.05) is 41.9 Å². The normalized spacial score (nSPS) is 18.2. The predicted octanol–water partition coefficient (Wildman–Crippen LogP) is 3.92. The third-order valence-electron chi connectivity index (χ3n) is 5.27. The largest absolute Gasteiger partial charge is 0.357 e. The Balaban J connectivity index is 1.70. The van der Waals surface area contributed by atoms with Gasteiger partial charge in [0.2, 0.25) is 0 Å². The summed E-state index contributed by atoms with van der Waals surface area (Å²) in [5, 5.41) is 7.81. The molecule has 1 aliphatic heterocycles. The zero-order chi connectivity index (χ0) is 19.4. The Bertz CT molecular complexity index is 778. The Labute approximate surface area is 171 Å². The monoisotopic (exact) mass is 431 g/mol. The van der Waals surface area contributed by atoms with Crippen LogP contribution in [0.2, 0.25) is 0 Å². The first-order valence-corrected chi connectivity index (χ1v) is 10.5. The molecular weight excluding hydrogens is 402 g/mol. The van der Waals surface area contributed by atoms with Crippen LogP contribution in [-0.2, 0) is 12.5 Å². The molecular formula is C21H30BrN5. The number of rotatable bonds is 5. The molecule has 1 aromatic carbocycles. The van der Waals surface area contributed by atoms with Gasteiger partial charge in [0.05, 0.1) is 12.7 Å². The molecule has 27 heavy (non-hydrogen) atoms. The highest BCUT2D eigenvalue weighted by Crippen LogP contribution is 2.28. The van der Waals surface area contributed by atoms with Gasteiger partial charge in [-0.05, 0) is 36.6 Å². The van der Waals surface area contributed by atoms with Crippen molar-refractivity contribution >= 4 is 21.9 Å². The van der Waals surface area contributed by atoms with Gasteiger partial charge < -0.3 is 10.2 Å². The fraction of sp³-hybridized carbons (Fsp3) is 0.524. The summed E-state index contributed by atoms with van der Waals surface area (Å²) in [4.78, 5) is 7.39. The van der Waals surface area contributed by atoms with E-state index in [9.17, 15) is 0 Å². The van der Waals surface area contributed by atoms with Crippen LogP contribution in [0.3, 0.4) is 0 Å². The van der Waals surface area contributed by atoms with Gasteiger partial charge in [-0.25, -0.2) is 0 Å². The second kappa shape index (κ2) is 8.46. The zero-order valence-electron chi connectivity index (χ0n) is 16.7. The maximum Gasteiger partial charge on any atom is 0.193 e. The zero-order valence-corrected chi connectivity index (χ0v) is 18.3. The number of likely N-dealkylation sites (tertiary alicyclic amines) is 1. The SMILES string of the molecule is CCNC(=NCC(C)(C)c1ccc(Br)cc1)N1CCC(c2cnn(C)c2)C1. The molecule has 1 unspecified atom stereocenters. The third kappa shape index (κ3) is 4.92. The Hall–Kier alpha value is -1.82. The van der Waals surface area contributed by atoms with Crippen LogP contribution < -0.4 is 5.32 Å². The van der Waals surface area contributed by atoms with Gasteiger partial charge in [0, 0.05) is 48.7 Å². The molecule has 6 heteroatoms. The highest BCUT2D eigenvalue weighted by atomic mass is 79.9.